The molecule has 0 fully saturated rings. The van der Waals surface area contributed by atoms with Crippen LogP contribution < -0.4 is 0 Å². The first kappa shape index (κ1) is 10.8. The lowest BCUT2D eigenvalue weighted by Gasteiger charge is -2.06. The lowest BCUT2D eigenvalue weighted by molar-refractivity contribution is 0.138. The summed E-state index contributed by atoms with van der Waals surface area (Å²) in [6.07, 6.45) is 5.15. The first-order valence-corrected chi connectivity index (χ1v) is 4.76. The molecule has 0 aromatic heterocycles. The first-order chi connectivity index (χ1) is 6.76. The van der Waals surface area contributed by atoms with Gasteiger partial charge in [-0.2, -0.15) is 0 Å². The predicted octanol–water partition coefficient (Wildman–Crippen LogP) is 2.83. The van der Waals surface area contributed by atoms with Crippen LogP contribution in [0.2, 0.25) is 0 Å². The minimum Gasteiger partial charge on any atom is -0.508 e. The molecule has 0 spiro atoms. The highest BCUT2D eigenvalue weighted by Crippen LogP contribution is 2.11. The van der Waals surface area contributed by atoms with Crippen molar-refractivity contribution in [3.63, 3.8) is 0 Å². The van der Waals surface area contributed by atoms with E-state index < -0.39 is 0 Å². The minimum atomic E-state index is 0.170. The average molecular weight is 192 g/mol. The van der Waals surface area contributed by atoms with Crippen molar-refractivity contribution < 1.29 is 9.84 Å². The molecular formula is C12H16O2. The van der Waals surface area contributed by atoms with Crippen molar-refractivity contribution in [1.29, 1.82) is 0 Å². The van der Waals surface area contributed by atoms with Crippen molar-refractivity contribution in [3.8, 4) is 5.75 Å². The fraction of sp³-hybridized carbons (Fsp3) is 0.333. The largest absolute Gasteiger partial charge is 0.508 e. The van der Waals surface area contributed by atoms with Gasteiger partial charge in [0.25, 0.3) is 0 Å². The highest BCUT2D eigenvalue weighted by molar-refractivity contribution is 5.50. The van der Waals surface area contributed by atoms with Gasteiger partial charge in [0.15, 0.2) is 0 Å². The molecule has 1 aromatic carbocycles. The monoisotopic (exact) mass is 192 g/mol. The molecule has 2 nitrogen and oxygen atoms in total. The third-order valence-corrected chi connectivity index (χ3v) is 2.10. The maximum absolute atomic E-state index is 9.08. The van der Waals surface area contributed by atoms with Crippen LogP contribution in [-0.2, 0) is 4.74 Å². The first-order valence-electron chi connectivity index (χ1n) is 4.76. The van der Waals surface area contributed by atoms with E-state index in [1.54, 1.807) is 19.2 Å². The van der Waals surface area contributed by atoms with Crippen LogP contribution in [0.25, 0.3) is 6.08 Å². The Morgan fingerprint density at radius 3 is 2.50 bits per heavy atom. The number of hydrogen-bond acceptors (Lipinski definition) is 2. The Hall–Kier alpha value is -1.28. The van der Waals surface area contributed by atoms with E-state index in [9.17, 15) is 0 Å². The molecule has 0 radical (unpaired) electrons. The summed E-state index contributed by atoms with van der Waals surface area (Å²) >= 11 is 0. The molecule has 2 heteroatoms. The molecule has 0 heterocycles. The molecule has 0 amide bonds. The topological polar surface area (TPSA) is 29.5 Å². The normalized spacial score (nSPS) is 13.3. The summed E-state index contributed by atoms with van der Waals surface area (Å²) in [5.74, 6) is 0.293. The molecule has 0 aliphatic carbocycles. The molecule has 14 heavy (non-hydrogen) atoms. The van der Waals surface area contributed by atoms with Gasteiger partial charge in [0.05, 0.1) is 6.10 Å². The minimum absolute atomic E-state index is 0.170. The third-order valence-electron chi connectivity index (χ3n) is 2.10. The quantitative estimate of drug-likeness (QED) is 0.794. The highest BCUT2D eigenvalue weighted by atomic mass is 16.5. The second-order valence-electron chi connectivity index (χ2n) is 3.13. The summed E-state index contributed by atoms with van der Waals surface area (Å²) in [6, 6.07) is 7.09. The van der Waals surface area contributed by atoms with Crippen molar-refractivity contribution in [2.45, 2.75) is 19.4 Å². The van der Waals surface area contributed by atoms with Gasteiger partial charge in [0, 0.05) is 7.11 Å². The number of phenols is 1. The Morgan fingerprint density at radius 1 is 1.36 bits per heavy atom. The van der Waals surface area contributed by atoms with Crippen LogP contribution in [0, 0.1) is 0 Å². The van der Waals surface area contributed by atoms with Crippen LogP contribution in [0.4, 0.5) is 0 Å². The molecule has 0 saturated carbocycles. The summed E-state index contributed by atoms with van der Waals surface area (Å²) in [5, 5.41) is 9.08. The molecule has 0 aliphatic rings. The second-order valence-corrected chi connectivity index (χ2v) is 3.13. The molecule has 1 N–H and O–H groups in total. The van der Waals surface area contributed by atoms with Crippen LogP contribution in [0.15, 0.2) is 30.3 Å². The van der Waals surface area contributed by atoms with E-state index >= 15 is 0 Å². The second kappa shape index (κ2) is 5.45. The molecular weight excluding hydrogens is 176 g/mol. The summed E-state index contributed by atoms with van der Waals surface area (Å²) in [4.78, 5) is 0. The Morgan fingerprint density at radius 2 is 2.00 bits per heavy atom. The van der Waals surface area contributed by atoms with Gasteiger partial charge in [0.1, 0.15) is 5.75 Å². The van der Waals surface area contributed by atoms with Crippen LogP contribution in [0.1, 0.15) is 18.9 Å². The Balaban J connectivity index is 2.63. The van der Waals surface area contributed by atoms with Gasteiger partial charge in [-0.05, 0) is 24.1 Å². The van der Waals surface area contributed by atoms with E-state index in [4.69, 9.17) is 9.84 Å². The average Bonchev–Trinajstić information content (AvgIpc) is 2.22. The smallest absolute Gasteiger partial charge is 0.115 e. The highest BCUT2D eigenvalue weighted by Gasteiger charge is 1.96. The number of rotatable bonds is 4. The maximum atomic E-state index is 9.08. The zero-order chi connectivity index (χ0) is 10.4. The van der Waals surface area contributed by atoms with Crippen LogP contribution in [-0.4, -0.2) is 18.3 Å². The van der Waals surface area contributed by atoms with Crippen LogP contribution in [0.3, 0.4) is 0 Å². The van der Waals surface area contributed by atoms with Crippen molar-refractivity contribution >= 4 is 6.08 Å². The molecule has 0 bridgehead atoms. The van der Waals surface area contributed by atoms with Gasteiger partial charge in [0.2, 0.25) is 0 Å². The van der Waals surface area contributed by atoms with Crippen molar-refractivity contribution in [3.05, 3.63) is 35.9 Å². The van der Waals surface area contributed by atoms with E-state index in [0.717, 1.165) is 12.0 Å². The standard InChI is InChI=1S/C12H16O2/c1-3-12(14-2)9-6-10-4-7-11(13)8-5-10/h4-9,12-13H,3H2,1-2H3. The molecule has 0 aliphatic heterocycles. The fourth-order valence-electron chi connectivity index (χ4n) is 1.19. The zero-order valence-electron chi connectivity index (χ0n) is 8.60. The number of phenolic OH excluding ortho intramolecular Hbond substituents is 1. The Labute approximate surface area is 84.8 Å². The van der Waals surface area contributed by atoms with Gasteiger partial charge < -0.3 is 9.84 Å². The third kappa shape index (κ3) is 3.23. The Kier molecular flexibility index (Phi) is 4.20. The number of methoxy groups -OCH3 is 1. The van der Waals surface area contributed by atoms with Gasteiger partial charge in [-0.25, -0.2) is 0 Å². The van der Waals surface area contributed by atoms with Crippen molar-refractivity contribution in [2.24, 2.45) is 0 Å². The number of aromatic hydroxyl groups is 1. The van der Waals surface area contributed by atoms with E-state index in [2.05, 4.69) is 6.92 Å². The van der Waals surface area contributed by atoms with E-state index in [1.807, 2.05) is 24.3 Å². The lowest BCUT2D eigenvalue weighted by atomic mass is 10.1. The number of benzene rings is 1. The molecule has 76 valence electrons. The molecule has 1 rings (SSSR count). The summed E-state index contributed by atoms with van der Waals surface area (Å²) in [7, 11) is 1.70. The van der Waals surface area contributed by atoms with Crippen LogP contribution in [0.5, 0.6) is 5.75 Å². The fourth-order valence-corrected chi connectivity index (χ4v) is 1.19. The Bertz CT molecular complexity index is 284. The number of ether oxygens (including phenoxy) is 1. The molecule has 1 atom stereocenters. The van der Waals surface area contributed by atoms with Crippen molar-refractivity contribution in [2.75, 3.05) is 7.11 Å². The van der Waals surface area contributed by atoms with E-state index in [-0.39, 0.29) is 6.10 Å². The predicted molar refractivity (Wildman–Crippen MR) is 58.2 cm³/mol. The lowest BCUT2D eigenvalue weighted by Crippen LogP contribution is -2.03. The zero-order valence-corrected chi connectivity index (χ0v) is 8.60. The molecule has 1 aromatic rings. The van der Waals surface area contributed by atoms with Gasteiger partial charge >= 0.3 is 0 Å². The van der Waals surface area contributed by atoms with Gasteiger partial charge in [-0.15, -0.1) is 0 Å². The summed E-state index contributed by atoms with van der Waals surface area (Å²) in [5.41, 5.74) is 1.07. The maximum Gasteiger partial charge on any atom is 0.115 e. The van der Waals surface area contributed by atoms with E-state index in [1.165, 1.54) is 0 Å². The SMILES string of the molecule is CCC(C=Cc1ccc(O)cc1)OC. The summed E-state index contributed by atoms with van der Waals surface area (Å²) < 4.78 is 5.21. The van der Waals surface area contributed by atoms with E-state index in [0.29, 0.717) is 5.75 Å². The molecule has 1 unspecified atom stereocenters. The van der Waals surface area contributed by atoms with Gasteiger partial charge in [-0.1, -0.05) is 31.2 Å². The number of hydrogen-bond donors (Lipinski definition) is 1. The summed E-state index contributed by atoms with van der Waals surface area (Å²) in [6.45, 7) is 2.08. The van der Waals surface area contributed by atoms with Crippen molar-refractivity contribution in [1.82, 2.24) is 0 Å². The van der Waals surface area contributed by atoms with Crippen LogP contribution >= 0.6 is 0 Å². The molecule has 0 saturated heterocycles. The van der Waals surface area contributed by atoms with Gasteiger partial charge in [-0.3, -0.25) is 0 Å².